The summed E-state index contributed by atoms with van der Waals surface area (Å²) in [4.78, 5) is 34.0. The molecule has 8 aliphatic rings. The van der Waals surface area contributed by atoms with Crippen LogP contribution in [0.4, 0.5) is 0 Å². The summed E-state index contributed by atoms with van der Waals surface area (Å²) in [5.41, 5.74) is -0.0866. The van der Waals surface area contributed by atoms with Gasteiger partial charge in [0.1, 0.15) is 5.60 Å². The Hall–Kier alpha value is -1.43. The lowest BCUT2D eigenvalue weighted by atomic mass is 9.74. The molecule has 6 bridgehead atoms. The van der Waals surface area contributed by atoms with Crippen LogP contribution in [-0.4, -0.2) is 36.2 Å². The highest BCUT2D eigenvalue weighted by Gasteiger charge is 2.56. The van der Waals surface area contributed by atoms with Gasteiger partial charge < -0.3 is 14.2 Å². The van der Waals surface area contributed by atoms with Crippen molar-refractivity contribution in [1.82, 2.24) is 0 Å². The predicted molar refractivity (Wildman–Crippen MR) is 178 cm³/mol. The number of fused-ring (bicyclic) bond motifs is 6. The van der Waals surface area contributed by atoms with E-state index < -0.39 is 11.9 Å². The minimum Gasteiger partial charge on any atom is -0.459 e. The average molecular weight is 641 g/mol. The Kier molecular flexibility index (Phi) is 10.3. The molecule has 0 radical (unpaired) electrons. The summed E-state index contributed by atoms with van der Waals surface area (Å²) >= 11 is 0. The normalized spacial score (nSPS) is 49.5. The van der Waals surface area contributed by atoms with Crippen LogP contribution in [0.15, 0.2) is 0 Å². The van der Waals surface area contributed by atoms with Gasteiger partial charge in [-0.3, -0.25) is 14.4 Å². The number of carbonyl (C=O) groups excluding carboxylic acids is 3. The van der Waals surface area contributed by atoms with Gasteiger partial charge in [0.2, 0.25) is 0 Å². The lowest BCUT2D eigenvalue weighted by Gasteiger charge is -2.39. The Balaban J connectivity index is 0.000000131. The molecule has 8 fully saturated rings. The molecule has 0 aromatic carbocycles. The number of hydrogen-bond acceptors (Lipinski definition) is 6. The van der Waals surface area contributed by atoms with E-state index in [-0.39, 0.29) is 29.3 Å². The monoisotopic (exact) mass is 640 g/mol. The Morgan fingerprint density at radius 1 is 0.783 bits per heavy atom. The van der Waals surface area contributed by atoms with Crippen molar-refractivity contribution in [3.05, 3.63) is 0 Å². The first-order valence-electron chi connectivity index (χ1n) is 19.5. The van der Waals surface area contributed by atoms with Crippen LogP contribution in [0.3, 0.4) is 0 Å². The molecule has 6 nitrogen and oxygen atoms in total. The van der Waals surface area contributed by atoms with Crippen LogP contribution in [0.25, 0.3) is 0 Å². The molecule has 0 N–H and O–H groups in total. The first kappa shape index (κ1) is 34.4. The summed E-state index contributed by atoms with van der Waals surface area (Å²) in [5, 5.41) is 0. The molecule has 6 saturated carbocycles. The minimum atomic E-state index is -0.396. The third-order valence-electron chi connectivity index (χ3n) is 15.6. The second-order valence-electron chi connectivity index (χ2n) is 17.5. The summed E-state index contributed by atoms with van der Waals surface area (Å²) in [6, 6.07) is 0. The third kappa shape index (κ3) is 6.48. The van der Waals surface area contributed by atoms with Crippen LogP contribution >= 0.6 is 0 Å². The van der Waals surface area contributed by atoms with Gasteiger partial charge in [0.25, 0.3) is 0 Å². The van der Waals surface area contributed by atoms with Gasteiger partial charge in [-0.25, -0.2) is 0 Å². The van der Waals surface area contributed by atoms with E-state index in [4.69, 9.17) is 9.47 Å². The van der Waals surface area contributed by atoms with Crippen molar-refractivity contribution in [2.24, 2.45) is 82.9 Å². The first-order chi connectivity index (χ1) is 21.9. The van der Waals surface area contributed by atoms with Crippen LogP contribution in [-0.2, 0) is 28.6 Å². The molecular formula is C40H64O6. The first-order valence-corrected chi connectivity index (χ1v) is 19.5. The Bertz CT molecular complexity index is 1090. The SMILES string of the molecule is CC1C(=O)OC(=O)C1C.CC1C2CC(CCC3CCCO3)C(C2)C1C.CCC1(OC(=O)C2CC3CC2C(C)C3C)CC2CCC1C2. The third-order valence-corrected chi connectivity index (χ3v) is 15.6. The summed E-state index contributed by atoms with van der Waals surface area (Å²) in [5.74, 6) is 8.63. The van der Waals surface area contributed by atoms with Crippen LogP contribution in [0.1, 0.15) is 132 Å². The lowest BCUT2D eigenvalue weighted by molar-refractivity contribution is -0.174. The zero-order valence-corrected chi connectivity index (χ0v) is 30.0. The molecule has 16 unspecified atom stereocenters. The summed E-state index contributed by atoms with van der Waals surface area (Å²) < 4.78 is 16.3. The molecule has 16 atom stereocenters. The maximum Gasteiger partial charge on any atom is 0.317 e. The Morgan fingerprint density at radius 3 is 1.89 bits per heavy atom. The molecule has 46 heavy (non-hydrogen) atoms. The number of carbonyl (C=O) groups is 3. The zero-order valence-electron chi connectivity index (χ0n) is 30.0. The lowest BCUT2D eigenvalue weighted by Crippen LogP contribution is -2.43. The molecule has 2 heterocycles. The zero-order chi connectivity index (χ0) is 32.9. The van der Waals surface area contributed by atoms with Gasteiger partial charge in [-0.2, -0.15) is 0 Å². The van der Waals surface area contributed by atoms with Gasteiger partial charge in [-0.15, -0.1) is 0 Å². The van der Waals surface area contributed by atoms with Crippen molar-refractivity contribution in [1.29, 1.82) is 0 Å². The molecule has 6 heteroatoms. The highest BCUT2D eigenvalue weighted by atomic mass is 16.6. The van der Waals surface area contributed by atoms with E-state index in [0.29, 0.717) is 23.9 Å². The van der Waals surface area contributed by atoms with Crippen LogP contribution in [0.2, 0.25) is 0 Å². The van der Waals surface area contributed by atoms with E-state index in [0.717, 1.165) is 73.2 Å². The van der Waals surface area contributed by atoms with E-state index >= 15 is 0 Å². The van der Waals surface area contributed by atoms with Gasteiger partial charge in [-0.05, 0) is 149 Å². The maximum absolute atomic E-state index is 12.9. The van der Waals surface area contributed by atoms with E-state index in [9.17, 15) is 14.4 Å². The second-order valence-corrected chi connectivity index (χ2v) is 17.5. The molecule has 2 saturated heterocycles. The fourth-order valence-corrected chi connectivity index (χ4v) is 11.9. The summed E-state index contributed by atoms with van der Waals surface area (Å²) in [6.07, 6.45) is 17.6. The van der Waals surface area contributed by atoms with Gasteiger partial charge in [-0.1, -0.05) is 48.5 Å². The fraction of sp³-hybridized carbons (Fsp3) is 0.925. The molecule has 8 rings (SSSR count). The molecule has 260 valence electrons. The van der Waals surface area contributed by atoms with Crippen molar-refractivity contribution in [3.8, 4) is 0 Å². The van der Waals surface area contributed by atoms with Gasteiger partial charge in [0.05, 0.1) is 23.9 Å². The van der Waals surface area contributed by atoms with Gasteiger partial charge in [0, 0.05) is 6.61 Å². The second kappa shape index (κ2) is 13.8. The molecule has 0 spiro atoms. The number of esters is 3. The average Bonchev–Trinajstić information content (AvgIpc) is 3.91. The van der Waals surface area contributed by atoms with Crippen molar-refractivity contribution in [2.75, 3.05) is 6.61 Å². The van der Waals surface area contributed by atoms with Crippen molar-refractivity contribution in [3.63, 3.8) is 0 Å². The van der Waals surface area contributed by atoms with Crippen LogP contribution < -0.4 is 0 Å². The Labute approximate surface area is 279 Å². The van der Waals surface area contributed by atoms with Crippen LogP contribution in [0, 0.1) is 82.9 Å². The maximum atomic E-state index is 12.9. The van der Waals surface area contributed by atoms with E-state index in [2.05, 4.69) is 39.4 Å². The summed E-state index contributed by atoms with van der Waals surface area (Å²) in [6.45, 7) is 16.3. The number of rotatable bonds is 6. The molecule has 0 aromatic heterocycles. The number of ether oxygens (including phenoxy) is 3. The van der Waals surface area contributed by atoms with Crippen molar-refractivity contribution in [2.45, 2.75) is 144 Å². The van der Waals surface area contributed by atoms with E-state index in [1.165, 1.54) is 57.8 Å². The largest absolute Gasteiger partial charge is 0.459 e. The van der Waals surface area contributed by atoms with Crippen LogP contribution in [0.5, 0.6) is 0 Å². The molecule has 0 amide bonds. The quantitative estimate of drug-likeness (QED) is 0.214. The van der Waals surface area contributed by atoms with E-state index in [1.807, 2.05) is 0 Å². The van der Waals surface area contributed by atoms with E-state index in [1.54, 1.807) is 20.3 Å². The van der Waals surface area contributed by atoms with Crippen molar-refractivity contribution < 1.29 is 28.6 Å². The minimum absolute atomic E-state index is 0.0866. The molecule has 6 aliphatic carbocycles. The standard InChI is InChI=1S/C19H30O2.C15H26O.C6H8O3/c1-4-19(10-13-5-6-15(19)7-13)21-18(20)17-9-14-8-16(17)12(3)11(14)2;1-10-11(2)15-9-13(10)8-12(15)5-6-14-4-3-7-16-14;1-3-4(2)6(8)9-5(3)7/h11-17H,4-10H2,1-3H3;10-15H,3-9H2,1-2H3;3-4H,1-2H3. The highest BCUT2D eigenvalue weighted by molar-refractivity contribution is 5.95. The molecular weight excluding hydrogens is 576 g/mol. The Morgan fingerprint density at radius 2 is 1.43 bits per heavy atom. The highest BCUT2D eigenvalue weighted by Crippen LogP contribution is 2.58. The fourth-order valence-electron chi connectivity index (χ4n) is 11.9. The molecule has 0 aromatic rings. The van der Waals surface area contributed by atoms with Crippen molar-refractivity contribution >= 4 is 17.9 Å². The summed E-state index contributed by atoms with van der Waals surface area (Å²) in [7, 11) is 0. The molecule has 2 aliphatic heterocycles. The number of hydrogen-bond donors (Lipinski definition) is 0. The van der Waals surface area contributed by atoms with Gasteiger partial charge in [0.15, 0.2) is 0 Å². The number of cyclic esters (lactones) is 2. The predicted octanol–water partition coefficient (Wildman–Crippen LogP) is 8.64. The smallest absolute Gasteiger partial charge is 0.317 e. The topological polar surface area (TPSA) is 78.9 Å². The van der Waals surface area contributed by atoms with Gasteiger partial charge >= 0.3 is 17.9 Å².